The summed E-state index contributed by atoms with van der Waals surface area (Å²) in [6.45, 7) is 3.62. The van der Waals surface area contributed by atoms with Gasteiger partial charge in [0, 0.05) is 23.5 Å². The second kappa shape index (κ2) is 5.72. The zero-order valence-electron chi connectivity index (χ0n) is 12.1. The van der Waals surface area contributed by atoms with Gasteiger partial charge in [0.15, 0.2) is 5.69 Å². The molecule has 3 rings (SSSR count). The van der Waals surface area contributed by atoms with E-state index < -0.39 is 0 Å². The molecule has 1 aromatic carbocycles. The van der Waals surface area contributed by atoms with E-state index in [9.17, 15) is 4.79 Å². The summed E-state index contributed by atoms with van der Waals surface area (Å²) < 4.78 is 10.4. The molecule has 0 radical (unpaired) electrons. The predicted molar refractivity (Wildman–Crippen MR) is 79.0 cm³/mol. The minimum Gasteiger partial charge on any atom is -0.438 e. The molecule has 112 valence electrons. The predicted octanol–water partition coefficient (Wildman–Crippen LogP) is 3.06. The number of rotatable bonds is 4. The fraction of sp³-hybridized carbons (Fsp3) is 0.133. The van der Waals surface area contributed by atoms with Crippen LogP contribution in [-0.2, 0) is 0 Å². The van der Waals surface area contributed by atoms with Crippen LogP contribution in [-0.4, -0.2) is 21.3 Å². The SMILES string of the molecule is Cc1cc(Oc2ccc(NC(=O)c3cc(C)on3)cc2)n[nH]1. The van der Waals surface area contributed by atoms with Gasteiger partial charge in [-0.05, 0) is 38.1 Å². The number of aryl methyl sites for hydroxylation is 2. The maximum atomic E-state index is 11.9. The van der Waals surface area contributed by atoms with Crippen LogP contribution in [0, 0.1) is 13.8 Å². The first-order chi connectivity index (χ1) is 10.6. The number of H-pyrrole nitrogens is 1. The Morgan fingerprint density at radius 3 is 2.59 bits per heavy atom. The zero-order valence-corrected chi connectivity index (χ0v) is 12.1. The maximum Gasteiger partial charge on any atom is 0.277 e. The molecule has 0 unspecified atom stereocenters. The van der Waals surface area contributed by atoms with Crippen molar-refractivity contribution in [2.24, 2.45) is 0 Å². The number of aromatic nitrogens is 3. The van der Waals surface area contributed by atoms with Crippen LogP contribution in [0.25, 0.3) is 0 Å². The summed E-state index contributed by atoms with van der Waals surface area (Å²) in [4.78, 5) is 11.9. The fourth-order valence-corrected chi connectivity index (χ4v) is 1.84. The second-order valence-corrected chi connectivity index (χ2v) is 4.79. The molecule has 7 heteroatoms. The number of nitrogens with zero attached hydrogens (tertiary/aromatic N) is 2. The topological polar surface area (TPSA) is 93.0 Å². The van der Waals surface area contributed by atoms with E-state index in [1.807, 2.05) is 6.92 Å². The van der Waals surface area contributed by atoms with Crippen molar-refractivity contribution in [2.45, 2.75) is 13.8 Å². The lowest BCUT2D eigenvalue weighted by molar-refractivity contribution is 0.101. The first-order valence-corrected chi connectivity index (χ1v) is 6.65. The molecule has 2 heterocycles. The van der Waals surface area contributed by atoms with E-state index in [0.29, 0.717) is 23.1 Å². The normalized spacial score (nSPS) is 10.5. The van der Waals surface area contributed by atoms with Gasteiger partial charge in [-0.1, -0.05) is 5.16 Å². The third-order valence-electron chi connectivity index (χ3n) is 2.88. The molecule has 0 bridgehead atoms. The maximum absolute atomic E-state index is 11.9. The summed E-state index contributed by atoms with van der Waals surface area (Å²) in [5.41, 5.74) is 1.79. The molecule has 0 atom stereocenters. The Morgan fingerprint density at radius 2 is 2.00 bits per heavy atom. The van der Waals surface area contributed by atoms with Crippen molar-refractivity contribution < 1.29 is 14.1 Å². The van der Waals surface area contributed by atoms with Crippen LogP contribution in [0.5, 0.6) is 11.6 Å². The number of ether oxygens (including phenoxy) is 1. The standard InChI is InChI=1S/C15H14N4O3/c1-9-7-14(18-17-9)21-12-5-3-11(4-6-12)16-15(20)13-8-10(2)22-19-13/h3-8H,1-2H3,(H,16,20)(H,17,18). The molecule has 2 aromatic heterocycles. The van der Waals surface area contributed by atoms with Gasteiger partial charge >= 0.3 is 0 Å². The minimum absolute atomic E-state index is 0.241. The highest BCUT2D eigenvalue weighted by atomic mass is 16.5. The number of carbonyl (C=O) groups is 1. The van der Waals surface area contributed by atoms with E-state index in [4.69, 9.17) is 9.26 Å². The number of aromatic amines is 1. The molecule has 0 saturated heterocycles. The van der Waals surface area contributed by atoms with Crippen molar-refractivity contribution in [1.29, 1.82) is 0 Å². The van der Waals surface area contributed by atoms with Crippen LogP contribution in [0.3, 0.4) is 0 Å². The Kier molecular flexibility index (Phi) is 3.61. The van der Waals surface area contributed by atoms with Crippen molar-refractivity contribution in [3.05, 3.63) is 53.5 Å². The van der Waals surface area contributed by atoms with Crippen molar-refractivity contribution in [3.63, 3.8) is 0 Å². The summed E-state index contributed by atoms with van der Waals surface area (Å²) in [5, 5.41) is 13.2. The molecule has 0 aliphatic carbocycles. The molecular weight excluding hydrogens is 284 g/mol. The minimum atomic E-state index is -0.326. The average Bonchev–Trinajstić information content (AvgIpc) is 3.10. The van der Waals surface area contributed by atoms with Crippen molar-refractivity contribution in [2.75, 3.05) is 5.32 Å². The highest BCUT2D eigenvalue weighted by Gasteiger charge is 2.11. The number of amides is 1. The van der Waals surface area contributed by atoms with Crippen LogP contribution < -0.4 is 10.1 Å². The Morgan fingerprint density at radius 1 is 1.23 bits per heavy atom. The van der Waals surface area contributed by atoms with E-state index in [2.05, 4.69) is 20.7 Å². The quantitative estimate of drug-likeness (QED) is 0.772. The van der Waals surface area contributed by atoms with Crippen molar-refractivity contribution in [1.82, 2.24) is 15.4 Å². The molecular formula is C15H14N4O3. The van der Waals surface area contributed by atoms with Gasteiger partial charge in [-0.2, -0.15) is 0 Å². The number of benzene rings is 1. The van der Waals surface area contributed by atoms with E-state index in [0.717, 1.165) is 5.69 Å². The Balaban J connectivity index is 1.65. The summed E-state index contributed by atoms with van der Waals surface area (Å²) in [5.74, 6) is 1.38. The van der Waals surface area contributed by atoms with Gasteiger partial charge in [-0.3, -0.25) is 9.89 Å². The van der Waals surface area contributed by atoms with E-state index in [-0.39, 0.29) is 11.6 Å². The first kappa shape index (κ1) is 13.9. The van der Waals surface area contributed by atoms with Gasteiger partial charge in [-0.15, -0.1) is 5.10 Å². The van der Waals surface area contributed by atoms with Crippen LogP contribution >= 0.6 is 0 Å². The lowest BCUT2D eigenvalue weighted by Crippen LogP contribution is -2.11. The van der Waals surface area contributed by atoms with Gasteiger partial charge in [-0.25, -0.2) is 0 Å². The van der Waals surface area contributed by atoms with Crippen molar-refractivity contribution >= 4 is 11.6 Å². The summed E-state index contributed by atoms with van der Waals surface area (Å²) >= 11 is 0. The zero-order chi connectivity index (χ0) is 15.5. The van der Waals surface area contributed by atoms with Gasteiger partial charge in [0.25, 0.3) is 5.91 Å². The Hall–Kier alpha value is -3.09. The Bertz CT molecular complexity index is 789. The third kappa shape index (κ3) is 3.14. The van der Waals surface area contributed by atoms with Crippen molar-refractivity contribution in [3.8, 4) is 11.6 Å². The van der Waals surface area contributed by atoms with E-state index >= 15 is 0 Å². The van der Waals surface area contributed by atoms with E-state index in [1.165, 1.54) is 0 Å². The van der Waals surface area contributed by atoms with Crippen LogP contribution in [0.15, 0.2) is 40.9 Å². The molecule has 0 aliphatic rings. The summed E-state index contributed by atoms with van der Waals surface area (Å²) in [6.07, 6.45) is 0. The molecule has 3 aromatic rings. The molecule has 0 aliphatic heterocycles. The molecule has 0 saturated carbocycles. The van der Waals surface area contributed by atoms with Crippen LogP contribution in [0.4, 0.5) is 5.69 Å². The third-order valence-corrected chi connectivity index (χ3v) is 2.88. The van der Waals surface area contributed by atoms with Gasteiger partial charge in [0.2, 0.25) is 5.88 Å². The van der Waals surface area contributed by atoms with Gasteiger partial charge in [0.1, 0.15) is 11.5 Å². The van der Waals surface area contributed by atoms with E-state index in [1.54, 1.807) is 43.3 Å². The number of hydrogen-bond acceptors (Lipinski definition) is 5. The second-order valence-electron chi connectivity index (χ2n) is 4.79. The number of anilines is 1. The molecule has 0 fully saturated rings. The average molecular weight is 298 g/mol. The Labute approximate surface area is 126 Å². The lowest BCUT2D eigenvalue weighted by atomic mass is 10.3. The highest BCUT2D eigenvalue weighted by molar-refractivity contribution is 6.02. The molecule has 1 amide bonds. The summed E-state index contributed by atoms with van der Waals surface area (Å²) in [7, 11) is 0. The smallest absolute Gasteiger partial charge is 0.277 e. The highest BCUT2D eigenvalue weighted by Crippen LogP contribution is 2.22. The van der Waals surface area contributed by atoms with Gasteiger partial charge < -0.3 is 14.6 Å². The van der Waals surface area contributed by atoms with Gasteiger partial charge in [0.05, 0.1) is 0 Å². The molecule has 2 N–H and O–H groups in total. The first-order valence-electron chi connectivity index (χ1n) is 6.65. The molecule has 0 spiro atoms. The lowest BCUT2D eigenvalue weighted by Gasteiger charge is -2.05. The fourth-order valence-electron chi connectivity index (χ4n) is 1.84. The molecule has 7 nitrogen and oxygen atoms in total. The monoisotopic (exact) mass is 298 g/mol. The number of hydrogen-bond donors (Lipinski definition) is 2. The summed E-state index contributed by atoms with van der Waals surface area (Å²) in [6, 6.07) is 10.3. The number of carbonyl (C=O) groups excluding carboxylic acids is 1. The molecule has 22 heavy (non-hydrogen) atoms. The largest absolute Gasteiger partial charge is 0.438 e. The van der Waals surface area contributed by atoms with Crippen LogP contribution in [0.2, 0.25) is 0 Å². The van der Waals surface area contributed by atoms with Crippen LogP contribution in [0.1, 0.15) is 21.9 Å². The number of nitrogens with one attached hydrogen (secondary N) is 2.